The third kappa shape index (κ3) is 4.64. The van der Waals surface area contributed by atoms with Crippen LogP contribution in [0.5, 0.6) is 5.75 Å². The van der Waals surface area contributed by atoms with Crippen molar-refractivity contribution in [2.24, 2.45) is 5.92 Å². The van der Waals surface area contributed by atoms with Gasteiger partial charge in [0.1, 0.15) is 11.4 Å². The Morgan fingerprint density at radius 1 is 1.09 bits per heavy atom. The van der Waals surface area contributed by atoms with E-state index in [9.17, 15) is 9.59 Å². The van der Waals surface area contributed by atoms with Gasteiger partial charge in [-0.1, -0.05) is 25.0 Å². The second-order valence-corrected chi connectivity index (χ2v) is 10.1. The van der Waals surface area contributed by atoms with Gasteiger partial charge in [-0.15, -0.1) is 0 Å². The van der Waals surface area contributed by atoms with Crippen LogP contribution in [0.4, 0.5) is 0 Å². The van der Waals surface area contributed by atoms with E-state index in [0.29, 0.717) is 26.2 Å². The SMILES string of the molecule is COc1ccc(C2(C(=O)N3CCN(C(C)=O)CC(Cc4cnc5[nH]ccc5c4)C3)CCCC2)cc1. The molecule has 2 fully saturated rings. The van der Waals surface area contributed by atoms with Crippen molar-refractivity contribution in [3.8, 4) is 5.75 Å². The summed E-state index contributed by atoms with van der Waals surface area (Å²) in [6.45, 7) is 4.07. The molecule has 0 spiro atoms. The van der Waals surface area contributed by atoms with E-state index in [4.69, 9.17) is 4.74 Å². The number of amides is 2. The number of hydrogen-bond donors (Lipinski definition) is 1. The van der Waals surface area contributed by atoms with Crippen LogP contribution in [0, 0.1) is 5.92 Å². The molecule has 7 nitrogen and oxygen atoms in total. The van der Waals surface area contributed by atoms with Crippen LogP contribution in [0.2, 0.25) is 0 Å². The van der Waals surface area contributed by atoms with Crippen LogP contribution in [0.3, 0.4) is 0 Å². The van der Waals surface area contributed by atoms with Crippen molar-refractivity contribution in [2.75, 3.05) is 33.3 Å². The highest BCUT2D eigenvalue weighted by Crippen LogP contribution is 2.43. The topological polar surface area (TPSA) is 78.5 Å². The molecule has 1 aromatic carbocycles. The van der Waals surface area contributed by atoms with Gasteiger partial charge >= 0.3 is 0 Å². The van der Waals surface area contributed by atoms with Gasteiger partial charge in [0.05, 0.1) is 12.5 Å². The molecule has 1 aliphatic heterocycles. The summed E-state index contributed by atoms with van der Waals surface area (Å²) in [6, 6.07) is 12.2. The van der Waals surface area contributed by atoms with Gasteiger partial charge in [-0.05, 0) is 60.6 Å². The summed E-state index contributed by atoms with van der Waals surface area (Å²) < 4.78 is 5.34. The molecule has 7 heteroatoms. The molecule has 3 aromatic rings. The van der Waals surface area contributed by atoms with Crippen molar-refractivity contribution in [2.45, 2.75) is 44.4 Å². The first-order chi connectivity index (χ1) is 17.0. The summed E-state index contributed by atoms with van der Waals surface area (Å²) in [7, 11) is 1.66. The first-order valence-corrected chi connectivity index (χ1v) is 12.6. The first kappa shape index (κ1) is 23.4. The molecule has 1 saturated carbocycles. The maximum atomic E-state index is 14.2. The molecule has 1 saturated heterocycles. The second-order valence-electron chi connectivity index (χ2n) is 10.1. The van der Waals surface area contributed by atoms with E-state index in [0.717, 1.165) is 60.0 Å². The zero-order valence-electron chi connectivity index (χ0n) is 20.6. The molecule has 0 bridgehead atoms. The van der Waals surface area contributed by atoms with Crippen molar-refractivity contribution in [3.63, 3.8) is 0 Å². The van der Waals surface area contributed by atoms with Crippen molar-refractivity contribution in [3.05, 3.63) is 59.9 Å². The number of pyridine rings is 1. The van der Waals surface area contributed by atoms with Gasteiger partial charge in [-0.3, -0.25) is 9.59 Å². The lowest BCUT2D eigenvalue weighted by Gasteiger charge is -2.35. The van der Waals surface area contributed by atoms with E-state index in [1.165, 1.54) is 0 Å². The number of nitrogens with one attached hydrogen (secondary N) is 1. The predicted molar refractivity (Wildman–Crippen MR) is 135 cm³/mol. The van der Waals surface area contributed by atoms with Gasteiger partial charge in [0.2, 0.25) is 11.8 Å². The highest BCUT2D eigenvalue weighted by atomic mass is 16.5. The van der Waals surface area contributed by atoms with Crippen LogP contribution >= 0.6 is 0 Å². The number of methoxy groups -OCH3 is 1. The summed E-state index contributed by atoms with van der Waals surface area (Å²) in [5.41, 5.74) is 2.59. The van der Waals surface area contributed by atoms with E-state index in [1.54, 1.807) is 14.0 Å². The molecular weight excluding hydrogens is 440 g/mol. The molecule has 35 heavy (non-hydrogen) atoms. The average molecular weight is 475 g/mol. The fourth-order valence-electron chi connectivity index (χ4n) is 5.95. The Morgan fingerprint density at radius 3 is 2.51 bits per heavy atom. The molecule has 1 N–H and O–H groups in total. The average Bonchev–Trinajstić information content (AvgIpc) is 3.50. The Labute approximate surface area is 206 Å². The lowest BCUT2D eigenvalue weighted by molar-refractivity contribution is -0.138. The molecule has 2 aromatic heterocycles. The Balaban J connectivity index is 1.41. The van der Waals surface area contributed by atoms with Crippen LogP contribution in [0.15, 0.2) is 48.8 Å². The lowest BCUT2D eigenvalue weighted by atomic mass is 9.77. The number of carbonyl (C=O) groups excluding carboxylic acids is 2. The minimum atomic E-state index is -0.492. The van der Waals surface area contributed by atoms with Crippen LogP contribution in [-0.4, -0.2) is 64.9 Å². The smallest absolute Gasteiger partial charge is 0.233 e. The number of rotatable bonds is 5. The summed E-state index contributed by atoms with van der Waals surface area (Å²) in [6.07, 6.45) is 8.41. The maximum Gasteiger partial charge on any atom is 0.233 e. The predicted octanol–water partition coefficient (Wildman–Crippen LogP) is 3.93. The molecule has 184 valence electrons. The Hall–Kier alpha value is -3.35. The van der Waals surface area contributed by atoms with Crippen molar-refractivity contribution < 1.29 is 14.3 Å². The normalized spacial score (nSPS) is 20.1. The van der Waals surface area contributed by atoms with Crippen LogP contribution in [0.1, 0.15) is 43.7 Å². The van der Waals surface area contributed by atoms with Gasteiger partial charge in [0, 0.05) is 50.9 Å². The van der Waals surface area contributed by atoms with Crippen LogP contribution in [-0.2, 0) is 21.4 Å². The lowest BCUT2D eigenvalue weighted by Crippen LogP contribution is -2.48. The first-order valence-electron chi connectivity index (χ1n) is 12.6. The molecule has 5 rings (SSSR count). The van der Waals surface area contributed by atoms with Gasteiger partial charge in [-0.25, -0.2) is 4.98 Å². The zero-order chi connectivity index (χ0) is 24.4. The van der Waals surface area contributed by atoms with Crippen molar-refractivity contribution in [1.29, 1.82) is 0 Å². The van der Waals surface area contributed by atoms with Gasteiger partial charge < -0.3 is 19.5 Å². The van der Waals surface area contributed by atoms with Crippen LogP contribution in [0.25, 0.3) is 11.0 Å². The number of aromatic nitrogens is 2. The largest absolute Gasteiger partial charge is 0.497 e. The third-order valence-corrected chi connectivity index (χ3v) is 7.82. The van der Waals surface area contributed by atoms with E-state index in [2.05, 4.69) is 28.2 Å². The molecule has 1 unspecified atom stereocenters. The Bertz CT molecular complexity index is 1200. The van der Waals surface area contributed by atoms with E-state index < -0.39 is 5.41 Å². The number of H-pyrrole nitrogens is 1. The fraction of sp³-hybridized carbons (Fsp3) is 0.464. The fourth-order valence-corrected chi connectivity index (χ4v) is 5.95. The molecular formula is C28H34N4O3. The summed E-state index contributed by atoms with van der Waals surface area (Å²) in [4.78, 5) is 38.2. The quantitative estimate of drug-likeness (QED) is 0.608. The minimum absolute atomic E-state index is 0.0641. The Morgan fingerprint density at radius 2 is 1.80 bits per heavy atom. The Kier molecular flexibility index (Phi) is 6.50. The molecule has 0 radical (unpaired) electrons. The summed E-state index contributed by atoms with van der Waals surface area (Å²) >= 11 is 0. The summed E-state index contributed by atoms with van der Waals surface area (Å²) in [5, 5.41) is 1.08. The highest BCUT2D eigenvalue weighted by molar-refractivity contribution is 5.89. The minimum Gasteiger partial charge on any atom is -0.497 e. The summed E-state index contributed by atoms with van der Waals surface area (Å²) in [5.74, 6) is 1.22. The third-order valence-electron chi connectivity index (χ3n) is 7.82. The van der Waals surface area contributed by atoms with Gasteiger partial charge in [0.25, 0.3) is 0 Å². The van der Waals surface area contributed by atoms with Gasteiger partial charge in [0.15, 0.2) is 0 Å². The number of fused-ring (bicyclic) bond motifs is 1. The van der Waals surface area contributed by atoms with Crippen molar-refractivity contribution in [1.82, 2.24) is 19.8 Å². The van der Waals surface area contributed by atoms with E-state index in [1.807, 2.05) is 40.4 Å². The number of aromatic amines is 1. The second kappa shape index (κ2) is 9.72. The number of ether oxygens (including phenoxy) is 1. The molecule has 1 aliphatic carbocycles. The standard InChI is InChI=1S/C28H34N4O3/c1-20(33)31-13-14-32(19-22(18-31)15-21-16-23-9-12-29-26(23)30-17-21)27(34)28(10-3-4-11-28)24-5-7-25(35-2)8-6-24/h5-9,12,16-17,22H,3-4,10-11,13-15,18-19H2,1-2H3,(H,29,30). The maximum absolute atomic E-state index is 14.2. The number of hydrogen-bond acceptors (Lipinski definition) is 4. The molecule has 2 aliphatic rings. The highest BCUT2D eigenvalue weighted by Gasteiger charge is 2.45. The molecule has 2 amide bonds. The van der Waals surface area contributed by atoms with Crippen molar-refractivity contribution >= 4 is 22.8 Å². The van der Waals surface area contributed by atoms with E-state index in [-0.39, 0.29) is 17.7 Å². The van der Waals surface area contributed by atoms with Crippen LogP contribution < -0.4 is 4.74 Å². The molecule has 3 heterocycles. The van der Waals surface area contributed by atoms with E-state index >= 15 is 0 Å². The number of benzene rings is 1. The molecule has 1 atom stereocenters. The van der Waals surface area contributed by atoms with Gasteiger partial charge in [-0.2, -0.15) is 0 Å². The number of nitrogens with zero attached hydrogens (tertiary/aromatic N) is 3. The number of carbonyl (C=O) groups is 2. The zero-order valence-corrected chi connectivity index (χ0v) is 20.6. The monoisotopic (exact) mass is 474 g/mol.